The summed E-state index contributed by atoms with van der Waals surface area (Å²) in [7, 11) is 0. The fourth-order valence-electron chi connectivity index (χ4n) is 3.14. The van der Waals surface area contributed by atoms with E-state index >= 15 is 0 Å². The first-order valence-corrected chi connectivity index (χ1v) is 8.77. The number of epoxide rings is 1. The minimum absolute atomic E-state index is 0.0637. The van der Waals surface area contributed by atoms with Crippen molar-refractivity contribution in [3.8, 4) is 5.75 Å². The average Bonchev–Trinajstić information content (AvgIpc) is 3.36. The molecule has 3 nitrogen and oxygen atoms in total. The van der Waals surface area contributed by atoms with Gasteiger partial charge < -0.3 is 9.47 Å². The lowest BCUT2D eigenvalue weighted by molar-refractivity contribution is 0.103. The summed E-state index contributed by atoms with van der Waals surface area (Å²) in [5.41, 5.74) is 4.44. The van der Waals surface area contributed by atoms with Crippen LogP contribution in [0.3, 0.4) is 0 Å². The van der Waals surface area contributed by atoms with Gasteiger partial charge in [0.15, 0.2) is 5.78 Å². The van der Waals surface area contributed by atoms with Gasteiger partial charge in [0, 0.05) is 11.1 Å². The summed E-state index contributed by atoms with van der Waals surface area (Å²) in [6, 6.07) is 11.7. The normalized spacial score (nSPS) is 16.6. The second-order valence-electron chi connectivity index (χ2n) is 7.83. The van der Waals surface area contributed by atoms with Crippen molar-refractivity contribution in [3.63, 3.8) is 0 Å². The van der Waals surface area contributed by atoms with E-state index in [2.05, 4.69) is 20.8 Å². The molecule has 0 aliphatic carbocycles. The maximum absolute atomic E-state index is 13.1. The van der Waals surface area contributed by atoms with Gasteiger partial charge in [-0.1, -0.05) is 45.0 Å². The van der Waals surface area contributed by atoms with Crippen LogP contribution in [0.25, 0.3) is 0 Å². The van der Waals surface area contributed by atoms with E-state index in [4.69, 9.17) is 9.47 Å². The molecule has 0 aromatic heterocycles. The quantitative estimate of drug-likeness (QED) is 0.590. The Kier molecular flexibility index (Phi) is 4.70. The van der Waals surface area contributed by atoms with E-state index in [1.165, 1.54) is 0 Å². The molecule has 2 aromatic carbocycles. The van der Waals surface area contributed by atoms with E-state index in [9.17, 15) is 4.79 Å². The van der Waals surface area contributed by atoms with Crippen LogP contribution in [-0.2, 0) is 10.2 Å². The fourth-order valence-corrected chi connectivity index (χ4v) is 3.14. The maximum atomic E-state index is 13.1. The molecule has 132 valence electrons. The third kappa shape index (κ3) is 3.93. The monoisotopic (exact) mass is 338 g/mol. The van der Waals surface area contributed by atoms with Crippen LogP contribution in [0.2, 0.25) is 0 Å². The van der Waals surface area contributed by atoms with Crippen LogP contribution in [0, 0.1) is 13.8 Å². The molecule has 25 heavy (non-hydrogen) atoms. The summed E-state index contributed by atoms with van der Waals surface area (Å²) in [5.74, 6) is 0.921. The van der Waals surface area contributed by atoms with E-state index in [1.807, 2.05) is 50.2 Å². The zero-order valence-corrected chi connectivity index (χ0v) is 15.7. The number of hydrogen-bond donors (Lipinski definition) is 0. The summed E-state index contributed by atoms with van der Waals surface area (Å²) in [6.07, 6.45) is 0.221. The summed E-state index contributed by atoms with van der Waals surface area (Å²) in [5, 5.41) is 0. The van der Waals surface area contributed by atoms with Crippen LogP contribution in [0.15, 0.2) is 36.4 Å². The van der Waals surface area contributed by atoms with E-state index in [0.717, 1.165) is 34.6 Å². The van der Waals surface area contributed by atoms with E-state index in [-0.39, 0.29) is 17.3 Å². The zero-order chi connectivity index (χ0) is 18.2. The van der Waals surface area contributed by atoms with E-state index in [0.29, 0.717) is 12.2 Å². The number of carbonyl (C=O) groups excluding carboxylic acids is 1. The molecule has 0 radical (unpaired) electrons. The van der Waals surface area contributed by atoms with Crippen molar-refractivity contribution in [3.05, 3.63) is 64.2 Å². The number of rotatable bonds is 5. The molecule has 3 rings (SSSR count). The standard InChI is InChI=1S/C22H26O3/c1-14-10-16(11-15(2)21(14)25-13-17-12-24-17)20(23)18-8-6-7-9-19(18)22(3,4)5/h6-11,17H,12-13H2,1-5H3. The lowest BCUT2D eigenvalue weighted by Crippen LogP contribution is -2.17. The topological polar surface area (TPSA) is 38.8 Å². The third-order valence-electron chi connectivity index (χ3n) is 4.52. The first-order valence-electron chi connectivity index (χ1n) is 8.77. The molecule has 1 heterocycles. The SMILES string of the molecule is Cc1cc(C(=O)c2ccccc2C(C)(C)C)cc(C)c1OCC1CO1. The van der Waals surface area contributed by atoms with Gasteiger partial charge in [0.05, 0.1) is 6.61 Å². The maximum Gasteiger partial charge on any atom is 0.193 e. The van der Waals surface area contributed by atoms with Crippen molar-refractivity contribution in [2.45, 2.75) is 46.1 Å². The van der Waals surface area contributed by atoms with Crippen molar-refractivity contribution in [2.24, 2.45) is 0 Å². The van der Waals surface area contributed by atoms with Crippen LogP contribution < -0.4 is 4.74 Å². The molecule has 1 aliphatic heterocycles. The summed E-state index contributed by atoms with van der Waals surface area (Å²) in [6.45, 7) is 11.7. The Morgan fingerprint density at radius 1 is 1.16 bits per heavy atom. The molecular weight excluding hydrogens is 312 g/mol. The Labute approximate surface area is 150 Å². The number of ether oxygens (including phenoxy) is 2. The van der Waals surface area contributed by atoms with Gasteiger partial charge in [-0.25, -0.2) is 0 Å². The van der Waals surface area contributed by atoms with Gasteiger partial charge >= 0.3 is 0 Å². The van der Waals surface area contributed by atoms with Gasteiger partial charge in [-0.3, -0.25) is 4.79 Å². The second kappa shape index (κ2) is 6.64. The van der Waals surface area contributed by atoms with Crippen molar-refractivity contribution in [2.75, 3.05) is 13.2 Å². The zero-order valence-electron chi connectivity index (χ0n) is 15.7. The highest BCUT2D eigenvalue weighted by molar-refractivity contribution is 6.10. The molecule has 1 aliphatic rings. The first-order chi connectivity index (χ1) is 11.8. The Hall–Kier alpha value is -2.13. The van der Waals surface area contributed by atoms with E-state index < -0.39 is 0 Å². The van der Waals surface area contributed by atoms with Crippen molar-refractivity contribution >= 4 is 5.78 Å². The third-order valence-corrected chi connectivity index (χ3v) is 4.52. The number of benzene rings is 2. The lowest BCUT2D eigenvalue weighted by atomic mass is 9.81. The Balaban J connectivity index is 1.93. The molecule has 1 unspecified atom stereocenters. The van der Waals surface area contributed by atoms with Gasteiger partial charge in [0.2, 0.25) is 0 Å². The van der Waals surface area contributed by atoms with E-state index in [1.54, 1.807) is 0 Å². The van der Waals surface area contributed by atoms with Crippen LogP contribution in [-0.4, -0.2) is 25.1 Å². The largest absolute Gasteiger partial charge is 0.490 e. The average molecular weight is 338 g/mol. The Morgan fingerprint density at radius 2 is 1.76 bits per heavy atom. The molecule has 1 saturated heterocycles. The Bertz CT molecular complexity index is 772. The van der Waals surface area contributed by atoms with Crippen LogP contribution >= 0.6 is 0 Å². The van der Waals surface area contributed by atoms with Gasteiger partial charge in [-0.2, -0.15) is 0 Å². The number of aryl methyl sites for hydroxylation is 2. The molecule has 0 saturated carbocycles. The highest BCUT2D eigenvalue weighted by Crippen LogP contribution is 2.30. The van der Waals surface area contributed by atoms with Crippen LogP contribution in [0.1, 0.15) is 53.4 Å². The molecular formula is C22H26O3. The minimum Gasteiger partial charge on any atom is -0.490 e. The van der Waals surface area contributed by atoms with Crippen molar-refractivity contribution in [1.82, 2.24) is 0 Å². The second-order valence-corrected chi connectivity index (χ2v) is 7.83. The summed E-state index contributed by atoms with van der Waals surface area (Å²) >= 11 is 0. The number of hydrogen-bond acceptors (Lipinski definition) is 3. The highest BCUT2D eigenvalue weighted by atomic mass is 16.6. The predicted molar refractivity (Wildman–Crippen MR) is 99.7 cm³/mol. The number of carbonyl (C=O) groups is 1. The molecule has 3 heteroatoms. The molecule has 2 aromatic rings. The molecule has 0 amide bonds. The van der Waals surface area contributed by atoms with Crippen molar-refractivity contribution < 1.29 is 14.3 Å². The lowest BCUT2D eigenvalue weighted by Gasteiger charge is -2.22. The smallest absolute Gasteiger partial charge is 0.193 e. The molecule has 0 bridgehead atoms. The molecule has 1 atom stereocenters. The van der Waals surface area contributed by atoms with Crippen LogP contribution in [0.4, 0.5) is 0 Å². The van der Waals surface area contributed by atoms with Gasteiger partial charge in [0.25, 0.3) is 0 Å². The van der Waals surface area contributed by atoms with Crippen LogP contribution in [0.5, 0.6) is 5.75 Å². The molecule has 0 spiro atoms. The minimum atomic E-state index is -0.0797. The van der Waals surface area contributed by atoms with Gasteiger partial charge in [-0.05, 0) is 48.1 Å². The number of ketones is 1. The fraction of sp³-hybridized carbons (Fsp3) is 0.409. The van der Waals surface area contributed by atoms with Gasteiger partial charge in [0.1, 0.15) is 18.5 Å². The molecule has 0 N–H and O–H groups in total. The molecule has 1 fully saturated rings. The predicted octanol–water partition coefficient (Wildman–Crippen LogP) is 4.61. The Morgan fingerprint density at radius 3 is 2.32 bits per heavy atom. The van der Waals surface area contributed by atoms with Gasteiger partial charge in [-0.15, -0.1) is 0 Å². The first kappa shape index (κ1) is 17.7. The highest BCUT2D eigenvalue weighted by Gasteiger charge is 2.25. The summed E-state index contributed by atoms with van der Waals surface area (Å²) in [4.78, 5) is 13.1. The summed E-state index contributed by atoms with van der Waals surface area (Å²) < 4.78 is 11.1. The van der Waals surface area contributed by atoms with Crippen molar-refractivity contribution in [1.29, 1.82) is 0 Å².